The number of nitrogens with one attached hydrogen (secondary N) is 1. The van der Waals surface area contributed by atoms with E-state index in [1.54, 1.807) is 6.92 Å². The summed E-state index contributed by atoms with van der Waals surface area (Å²) in [5.74, 6) is 0.131. The van der Waals surface area contributed by atoms with Gasteiger partial charge >= 0.3 is 0 Å². The van der Waals surface area contributed by atoms with Crippen molar-refractivity contribution in [3.05, 3.63) is 29.3 Å². The lowest BCUT2D eigenvalue weighted by molar-refractivity contribution is -0.120. The zero-order valence-electron chi connectivity index (χ0n) is 12.4. The molecule has 1 amide bonds. The molecule has 2 rings (SSSR count). The van der Waals surface area contributed by atoms with Gasteiger partial charge in [-0.25, -0.2) is 0 Å². The Labute approximate surface area is 120 Å². The molecule has 1 aromatic rings. The Hall–Kier alpha value is -1.84. The molecule has 1 heterocycles. The Morgan fingerprint density at radius 3 is 2.75 bits per heavy atom. The number of benzene rings is 1. The van der Waals surface area contributed by atoms with Gasteiger partial charge in [-0.05, 0) is 57.4 Å². The molecule has 0 radical (unpaired) electrons. The number of fused-ring (bicyclic) bond motifs is 1. The quantitative estimate of drug-likeness (QED) is 0.856. The van der Waals surface area contributed by atoms with E-state index in [0.717, 1.165) is 30.6 Å². The van der Waals surface area contributed by atoms with Crippen LogP contribution in [0.3, 0.4) is 0 Å². The second-order valence-electron chi connectivity index (χ2n) is 5.65. The first-order valence-corrected chi connectivity index (χ1v) is 7.15. The Bertz CT molecular complexity index is 523. The molecule has 1 aromatic carbocycles. The summed E-state index contributed by atoms with van der Waals surface area (Å²) in [6.45, 7) is 6.77. The van der Waals surface area contributed by atoms with Gasteiger partial charge < -0.3 is 10.2 Å². The molecule has 4 heteroatoms. The van der Waals surface area contributed by atoms with Crippen molar-refractivity contribution in [2.45, 2.75) is 39.7 Å². The summed E-state index contributed by atoms with van der Waals surface area (Å²) in [5.41, 5.74) is 3.00. The van der Waals surface area contributed by atoms with E-state index >= 15 is 0 Å². The third-order valence-corrected chi connectivity index (χ3v) is 3.48. The standard InChI is InChI=1S/C16H22N2O2/c1-11(2)17-16(20)10-18-8-4-5-14-9-13(12(3)19)6-7-15(14)18/h6-7,9,11H,4-5,8,10H2,1-3H3,(H,17,20). The van der Waals surface area contributed by atoms with Crippen LogP contribution in [0.2, 0.25) is 0 Å². The molecule has 0 atom stereocenters. The van der Waals surface area contributed by atoms with Crippen molar-refractivity contribution in [2.75, 3.05) is 18.0 Å². The van der Waals surface area contributed by atoms with E-state index in [9.17, 15) is 9.59 Å². The minimum atomic E-state index is 0.0449. The van der Waals surface area contributed by atoms with Gasteiger partial charge in [-0.2, -0.15) is 0 Å². The number of carbonyl (C=O) groups is 2. The fourth-order valence-corrected chi connectivity index (χ4v) is 2.60. The highest BCUT2D eigenvalue weighted by Crippen LogP contribution is 2.27. The van der Waals surface area contributed by atoms with E-state index in [1.807, 2.05) is 32.0 Å². The van der Waals surface area contributed by atoms with Crippen molar-refractivity contribution in [3.63, 3.8) is 0 Å². The normalized spacial score (nSPS) is 14.1. The van der Waals surface area contributed by atoms with Crippen LogP contribution in [-0.4, -0.2) is 30.8 Å². The highest BCUT2D eigenvalue weighted by molar-refractivity contribution is 5.95. The second kappa shape index (κ2) is 6.07. The molecule has 1 N–H and O–H groups in total. The molecule has 0 saturated carbocycles. The van der Waals surface area contributed by atoms with Gasteiger partial charge in [-0.15, -0.1) is 0 Å². The zero-order chi connectivity index (χ0) is 14.7. The highest BCUT2D eigenvalue weighted by Gasteiger charge is 2.20. The fourth-order valence-electron chi connectivity index (χ4n) is 2.60. The van der Waals surface area contributed by atoms with Crippen molar-refractivity contribution in [1.29, 1.82) is 0 Å². The monoisotopic (exact) mass is 274 g/mol. The van der Waals surface area contributed by atoms with E-state index in [2.05, 4.69) is 10.2 Å². The Balaban J connectivity index is 2.16. The number of ketones is 1. The summed E-state index contributed by atoms with van der Waals surface area (Å²) in [6, 6.07) is 5.93. The number of hydrogen-bond donors (Lipinski definition) is 1. The van der Waals surface area contributed by atoms with Crippen LogP contribution in [-0.2, 0) is 11.2 Å². The first-order valence-electron chi connectivity index (χ1n) is 7.15. The van der Waals surface area contributed by atoms with E-state index in [-0.39, 0.29) is 17.7 Å². The van der Waals surface area contributed by atoms with Gasteiger partial charge in [0, 0.05) is 23.8 Å². The summed E-state index contributed by atoms with van der Waals surface area (Å²) in [7, 11) is 0. The number of Topliss-reactive ketones (excluding diaryl/α,β-unsaturated/α-hetero) is 1. The van der Waals surface area contributed by atoms with Crippen molar-refractivity contribution < 1.29 is 9.59 Å². The number of anilines is 1. The van der Waals surface area contributed by atoms with Gasteiger partial charge in [0.2, 0.25) is 5.91 Å². The maximum atomic E-state index is 11.9. The van der Waals surface area contributed by atoms with Crippen molar-refractivity contribution >= 4 is 17.4 Å². The van der Waals surface area contributed by atoms with Crippen LogP contribution in [0.5, 0.6) is 0 Å². The molecule has 0 unspecified atom stereocenters. The maximum absolute atomic E-state index is 11.9. The highest BCUT2D eigenvalue weighted by atomic mass is 16.2. The number of amides is 1. The molecule has 0 spiro atoms. The Morgan fingerprint density at radius 1 is 1.35 bits per heavy atom. The van der Waals surface area contributed by atoms with Gasteiger partial charge in [0.25, 0.3) is 0 Å². The van der Waals surface area contributed by atoms with Crippen LogP contribution in [0.4, 0.5) is 5.69 Å². The number of nitrogens with zero attached hydrogens (tertiary/aromatic N) is 1. The van der Waals surface area contributed by atoms with Gasteiger partial charge in [-0.3, -0.25) is 9.59 Å². The average Bonchev–Trinajstić information content (AvgIpc) is 2.37. The predicted molar refractivity (Wildman–Crippen MR) is 80.3 cm³/mol. The lowest BCUT2D eigenvalue weighted by Gasteiger charge is -2.31. The minimum Gasteiger partial charge on any atom is -0.362 e. The van der Waals surface area contributed by atoms with Crippen LogP contribution >= 0.6 is 0 Å². The topological polar surface area (TPSA) is 49.4 Å². The second-order valence-corrected chi connectivity index (χ2v) is 5.65. The van der Waals surface area contributed by atoms with Gasteiger partial charge in [-0.1, -0.05) is 0 Å². The molecule has 4 nitrogen and oxygen atoms in total. The summed E-state index contributed by atoms with van der Waals surface area (Å²) < 4.78 is 0. The summed E-state index contributed by atoms with van der Waals surface area (Å²) >= 11 is 0. The molecule has 20 heavy (non-hydrogen) atoms. The van der Waals surface area contributed by atoms with Gasteiger partial charge in [0.15, 0.2) is 5.78 Å². The predicted octanol–water partition coefficient (Wildman–Crippen LogP) is 2.17. The molecule has 0 aromatic heterocycles. The van der Waals surface area contributed by atoms with E-state index in [1.165, 1.54) is 5.56 Å². The van der Waals surface area contributed by atoms with E-state index in [4.69, 9.17) is 0 Å². The third-order valence-electron chi connectivity index (χ3n) is 3.48. The van der Waals surface area contributed by atoms with E-state index < -0.39 is 0 Å². The van der Waals surface area contributed by atoms with Crippen LogP contribution in [0.1, 0.15) is 43.1 Å². The van der Waals surface area contributed by atoms with Gasteiger partial charge in [0.1, 0.15) is 0 Å². The first kappa shape index (κ1) is 14.6. The maximum Gasteiger partial charge on any atom is 0.239 e. The van der Waals surface area contributed by atoms with Crippen LogP contribution in [0.15, 0.2) is 18.2 Å². The molecule has 0 saturated heterocycles. The molecule has 108 valence electrons. The molecule has 0 fully saturated rings. The van der Waals surface area contributed by atoms with Gasteiger partial charge in [0.05, 0.1) is 6.54 Å². The Kier molecular flexibility index (Phi) is 4.42. The fraction of sp³-hybridized carbons (Fsp3) is 0.500. The summed E-state index contributed by atoms with van der Waals surface area (Å²) in [6.07, 6.45) is 1.99. The molecule has 0 aliphatic carbocycles. The molecular formula is C16H22N2O2. The first-order chi connectivity index (χ1) is 9.47. The number of aryl methyl sites for hydroxylation is 1. The SMILES string of the molecule is CC(=O)c1ccc2c(c1)CCCN2CC(=O)NC(C)C. The van der Waals surface area contributed by atoms with Crippen molar-refractivity contribution in [2.24, 2.45) is 0 Å². The summed E-state index contributed by atoms with van der Waals surface area (Å²) in [4.78, 5) is 25.4. The van der Waals surface area contributed by atoms with Crippen molar-refractivity contribution in [3.8, 4) is 0 Å². The number of carbonyl (C=O) groups excluding carboxylic acids is 2. The Morgan fingerprint density at radius 2 is 2.10 bits per heavy atom. The number of hydrogen-bond acceptors (Lipinski definition) is 3. The van der Waals surface area contributed by atoms with Crippen molar-refractivity contribution in [1.82, 2.24) is 5.32 Å². The lowest BCUT2D eigenvalue weighted by atomic mass is 9.98. The van der Waals surface area contributed by atoms with Crippen LogP contribution < -0.4 is 10.2 Å². The summed E-state index contributed by atoms with van der Waals surface area (Å²) in [5, 5.41) is 2.92. The van der Waals surface area contributed by atoms with Crippen LogP contribution in [0.25, 0.3) is 0 Å². The largest absolute Gasteiger partial charge is 0.362 e. The molecule has 1 aliphatic rings. The average molecular weight is 274 g/mol. The molecule has 0 bridgehead atoms. The molecule has 1 aliphatic heterocycles. The third kappa shape index (κ3) is 3.38. The smallest absolute Gasteiger partial charge is 0.239 e. The molecular weight excluding hydrogens is 252 g/mol. The van der Waals surface area contributed by atoms with E-state index in [0.29, 0.717) is 6.54 Å². The minimum absolute atomic E-state index is 0.0449. The lowest BCUT2D eigenvalue weighted by Crippen LogP contribution is -2.42. The number of rotatable bonds is 4. The van der Waals surface area contributed by atoms with Crippen LogP contribution in [0, 0.1) is 0 Å². The zero-order valence-corrected chi connectivity index (χ0v) is 12.4.